The Morgan fingerprint density at radius 2 is 2.12 bits per heavy atom. The molecular weight excluding hydrogens is 308 g/mol. The third-order valence-electron chi connectivity index (χ3n) is 3.55. The van der Waals surface area contributed by atoms with Crippen LogP contribution in [0.4, 0.5) is 11.4 Å². The van der Waals surface area contributed by atoms with Crippen molar-refractivity contribution in [1.82, 2.24) is 0 Å². The largest absolute Gasteiger partial charge is 0.484 e. The minimum atomic E-state index is -0.527. The van der Waals surface area contributed by atoms with Crippen LogP contribution in [-0.4, -0.2) is 24.5 Å². The zero-order valence-corrected chi connectivity index (χ0v) is 13.5. The van der Waals surface area contributed by atoms with Crippen LogP contribution >= 0.6 is 0 Å². The van der Waals surface area contributed by atoms with Crippen molar-refractivity contribution in [2.75, 3.05) is 17.2 Å². The van der Waals surface area contributed by atoms with Crippen LogP contribution < -0.4 is 20.1 Å². The van der Waals surface area contributed by atoms with Gasteiger partial charge in [0.05, 0.1) is 5.69 Å². The molecule has 2 aromatic carbocycles. The Morgan fingerprint density at radius 1 is 1.29 bits per heavy atom. The molecule has 0 radical (unpaired) electrons. The summed E-state index contributed by atoms with van der Waals surface area (Å²) >= 11 is 0. The monoisotopic (exact) mass is 326 g/mol. The molecule has 1 atom stereocenters. The Morgan fingerprint density at radius 3 is 2.92 bits per heavy atom. The topological polar surface area (TPSA) is 76.7 Å². The molecule has 2 amide bonds. The molecule has 1 unspecified atom stereocenters. The van der Waals surface area contributed by atoms with Gasteiger partial charge in [0.1, 0.15) is 11.5 Å². The van der Waals surface area contributed by atoms with Crippen molar-refractivity contribution < 1.29 is 19.1 Å². The molecule has 1 aliphatic rings. The lowest BCUT2D eigenvalue weighted by molar-refractivity contribution is -0.122. The summed E-state index contributed by atoms with van der Waals surface area (Å²) in [5.41, 5.74) is 2.16. The van der Waals surface area contributed by atoms with E-state index in [-0.39, 0.29) is 18.4 Å². The van der Waals surface area contributed by atoms with Crippen molar-refractivity contribution >= 4 is 23.2 Å². The minimum Gasteiger partial charge on any atom is -0.484 e. The third kappa shape index (κ3) is 3.65. The number of anilines is 2. The molecule has 0 saturated heterocycles. The van der Waals surface area contributed by atoms with Crippen LogP contribution in [0.15, 0.2) is 42.5 Å². The molecule has 1 aliphatic heterocycles. The summed E-state index contributed by atoms with van der Waals surface area (Å²) in [5.74, 6) is 0.725. The SMILES string of the molecule is Cc1cccc(OCC(=O)Nc2ccc3c(c2)NC(=O)C(C)O3)c1. The van der Waals surface area contributed by atoms with E-state index in [4.69, 9.17) is 9.47 Å². The van der Waals surface area contributed by atoms with Crippen molar-refractivity contribution in [2.24, 2.45) is 0 Å². The maximum atomic E-state index is 12.0. The lowest BCUT2D eigenvalue weighted by Gasteiger charge is -2.23. The fourth-order valence-corrected chi connectivity index (χ4v) is 2.34. The number of hydrogen-bond acceptors (Lipinski definition) is 4. The Balaban J connectivity index is 1.61. The van der Waals surface area contributed by atoms with Crippen molar-refractivity contribution in [3.8, 4) is 11.5 Å². The Kier molecular flexibility index (Phi) is 4.37. The predicted octanol–water partition coefficient (Wildman–Crippen LogP) is 2.73. The molecule has 24 heavy (non-hydrogen) atoms. The minimum absolute atomic E-state index is 0.0968. The van der Waals surface area contributed by atoms with Crippen LogP contribution in [0.1, 0.15) is 12.5 Å². The summed E-state index contributed by atoms with van der Waals surface area (Å²) in [4.78, 5) is 23.6. The van der Waals surface area contributed by atoms with E-state index in [1.165, 1.54) is 0 Å². The zero-order chi connectivity index (χ0) is 17.1. The Labute approximate surface area is 139 Å². The van der Waals surface area contributed by atoms with Gasteiger partial charge in [0.2, 0.25) is 0 Å². The summed E-state index contributed by atoms with van der Waals surface area (Å²) < 4.78 is 10.9. The van der Waals surface area contributed by atoms with Crippen LogP contribution in [0.3, 0.4) is 0 Å². The molecule has 0 spiro atoms. The van der Waals surface area contributed by atoms with Crippen LogP contribution in [0.25, 0.3) is 0 Å². The van der Waals surface area contributed by atoms with Crippen molar-refractivity contribution in [2.45, 2.75) is 20.0 Å². The maximum absolute atomic E-state index is 12.0. The Bertz CT molecular complexity index is 788. The number of ether oxygens (including phenoxy) is 2. The van der Waals surface area contributed by atoms with Crippen LogP contribution in [0.2, 0.25) is 0 Å². The van der Waals surface area contributed by atoms with Gasteiger partial charge in [0, 0.05) is 5.69 Å². The second kappa shape index (κ2) is 6.62. The van der Waals surface area contributed by atoms with Gasteiger partial charge in [-0.2, -0.15) is 0 Å². The number of benzene rings is 2. The van der Waals surface area contributed by atoms with Gasteiger partial charge in [0.15, 0.2) is 12.7 Å². The van der Waals surface area contributed by atoms with Gasteiger partial charge in [-0.05, 0) is 49.7 Å². The van der Waals surface area contributed by atoms with E-state index in [2.05, 4.69) is 10.6 Å². The number of hydrogen-bond donors (Lipinski definition) is 2. The second-order valence-electron chi connectivity index (χ2n) is 5.61. The average Bonchev–Trinajstić information content (AvgIpc) is 2.54. The molecule has 6 heteroatoms. The van der Waals surface area contributed by atoms with Gasteiger partial charge in [0.25, 0.3) is 11.8 Å². The first-order valence-corrected chi connectivity index (χ1v) is 7.62. The highest BCUT2D eigenvalue weighted by Gasteiger charge is 2.23. The van der Waals surface area contributed by atoms with E-state index in [0.717, 1.165) is 5.56 Å². The quantitative estimate of drug-likeness (QED) is 0.906. The van der Waals surface area contributed by atoms with Gasteiger partial charge in [-0.3, -0.25) is 9.59 Å². The first-order chi connectivity index (χ1) is 11.5. The van der Waals surface area contributed by atoms with Gasteiger partial charge in [-0.1, -0.05) is 12.1 Å². The summed E-state index contributed by atoms with van der Waals surface area (Å²) in [6.45, 7) is 3.54. The van der Waals surface area contributed by atoms with Crippen molar-refractivity contribution in [3.63, 3.8) is 0 Å². The number of carbonyl (C=O) groups excluding carboxylic acids is 2. The maximum Gasteiger partial charge on any atom is 0.265 e. The summed E-state index contributed by atoms with van der Waals surface area (Å²) in [5, 5.41) is 5.47. The van der Waals surface area contributed by atoms with E-state index >= 15 is 0 Å². The second-order valence-corrected chi connectivity index (χ2v) is 5.61. The predicted molar refractivity (Wildman–Crippen MR) is 90.5 cm³/mol. The van der Waals surface area contributed by atoms with Crippen LogP contribution in [0, 0.1) is 6.92 Å². The normalized spacial score (nSPS) is 15.8. The molecule has 6 nitrogen and oxygen atoms in total. The lowest BCUT2D eigenvalue weighted by Crippen LogP contribution is -2.34. The van der Waals surface area contributed by atoms with Gasteiger partial charge >= 0.3 is 0 Å². The van der Waals surface area contributed by atoms with Crippen molar-refractivity contribution in [1.29, 1.82) is 0 Å². The van der Waals surface area contributed by atoms with E-state index in [1.54, 1.807) is 31.2 Å². The number of nitrogens with one attached hydrogen (secondary N) is 2. The summed E-state index contributed by atoms with van der Waals surface area (Å²) in [6, 6.07) is 12.6. The first kappa shape index (κ1) is 15.9. The summed E-state index contributed by atoms with van der Waals surface area (Å²) in [6.07, 6.45) is -0.527. The average molecular weight is 326 g/mol. The van der Waals surface area contributed by atoms with E-state index in [9.17, 15) is 9.59 Å². The first-order valence-electron chi connectivity index (χ1n) is 7.62. The molecule has 2 aromatic rings. The highest BCUT2D eigenvalue weighted by atomic mass is 16.5. The molecule has 1 heterocycles. The lowest BCUT2D eigenvalue weighted by atomic mass is 10.2. The zero-order valence-electron chi connectivity index (χ0n) is 13.5. The van der Waals surface area contributed by atoms with Crippen LogP contribution in [0.5, 0.6) is 11.5 Å². The van der Waals surface area contributed by atoms with E-state index in [1.807, 2.05) is 25.1 Å². The number of rotatable bonds is 4. The molecule has 124 valence electrons. The highest BCUT2D eigenvalue weighted by Crippen LogP contribution is 2.32. The number of aryl methyl sites for hydroxylation is 1. The molecule has 0 fully saturated rings. The number of carbonyl (C=O) groups is 2. The number of amides is 2. The molecule has 0 aliphatic carbocycles. The van der Waals surface area contributed by atoms with Gasteiger partial charge in [-0.15, -0.1) is 0 Å². The highest BCUT2D eigenvalue weighted by molar-refractivity contribution is 5.99. The molecule has 0 saturated carbocycles. The van der Waals surface area contributed by atoms with E-state index in [0.29, 0.717) is 22.9 Å². The smallest absolute Gasteiger partial charge is 0.265 e. The molecule has 0 bridgehead atoms. The third-order valence-corrected chi connectivity index (χ3v) is 3.55. The van der Waals surface area contributed by atoms with Crippen LogP contribution in [-0.2, 0) is 9.59 Å². The molecular formula is C18H18N2O4. The fraction of sp³-hybridized carbons (Fsp3) is 0.222. The van der Waals surface area contributed by atoms with E-state index < -0.39 is 6.10 Å². The van der Waals surface area contributed by atoms with Gasteiger partial charge in [-0.25, -0.2) is 0 Å². The molecule has 2 N–H and O–H groups in total. The molecule has 0 aromatic heterocycles. The standard InChI is InChI=1S/C18H18N2O4/c1-11-4-3-5-14(8-11)23-10-17(21)19-13-6-7-16-15(9-13)20-18(22)12(2)24-16/h3-9,12H,10H2,1-2H3,(H,19,21)(H,20,22). The summed E-state index contributed by atoms with van der Waals surface area (Å²) in [7, 11) is 0. The van der Waals surface area contributed by atoms with Crippen molar-refractivity contribution in [3.05, 3.63) is 48.0 Å². The number of fused-ring (bicyclic) bond motifs is 1. The molecule has 3 rings (SSSR count). The van der Waals surface area contributed by atoms with Gasteiger partial charge < -0.3 is 20.1 Å². The Hall–Kier alpha value is -3.02. The fourth-order valence-electron chi connectivity index (χ4n) is 2.34.